The van der Waals surface area contributed by atoms with Gasteiger partial charge >= 0.3 is 0 Å². The number of allylic oxidation sites excluding steroid dienone is 1. The summed E-state index contributed by atoms with van der Waals surface area (Å²) in [7, 11) is 0. The lowest BCUT2D eigenvalue weighted by atomic mass is 9.85. The van der Waals surface area contributed by atoms with Gasteiger partial charge in [-0.2, -0.15) is 0 Å². The molecule has 2 nitrogen and oxygen atoms in total. The molecule has 2 N–H and O–H groups in total. The third-order valence-corrected chi connectivity index (χ3v) is 3.73. The highest BCUT2D eigenvalue weighted by Crippen LogP contribution is 2.37. The highest BCUT2D eigenvalue weighted by molar-refractivity contribution is 4.94. The zero-order valence-electron chi connectivity index (χ0n) is 10.1. The monoisotopic (exact) mass is 211 g/mol. The van der Waals surface area contributed by atoms with E-state index in [1.807, 2.05) is 6.08 Å². The molecule has 1 fully saturated rings. The van der Waals surface area contributed by atoms with Gasteiger partial charge in [0.2, 0.25) is 0 Å². The van der Waals surface area contributed by atoms with Gasteiger partial charge in [0.25, 0.3) is 0 Å². The summed E-state index contributed by atoms with van der Waals surface area (Å²) in [6.07, 6.45) is 7.77. The topological polar surface area (TPSA) is 32.3 Å². The van der Waals surface area contributed by atoms with E-state index < -0.39 is 0 Å². The third-order valence-electron chi connectivity index (χ3n) is 3.73. The Morgan fingerprint density at radius 2 is 2.40 bits per heavy atom. The van der Waals surface area contributed by atoms with Crippen LogP contribution in [0, 0.1) is 5.41 Å². The van der Waals surface area contributed by atoms with Crippen molar-refractivity contribution in [3.05, 3.63) is 12.7 Å². The van der Waals surface area contributed by atoms with Crippen molar-refractivity contribution in [3.63, 3.8) is 0 Å². The summed E-state index contributed by atoms with van der Waals surface area (Å²) in [5.41, 5.74) is 0.0996. The number of rotatable bonds is 6. The fourth-order valence-electron chi connectivity index (χ4n) is 2.50. The lowest BCUT2D eigenvalue weighted by Crippen LogP contribution is -2.45. The van der Waals surface area contributed by atoms with Crippen molar-refractivity contribution in [2.45, 2.75) is 58.0 Å². The van der Waals surface area contributed by atoms with E-state index in [0.29, 0.717) is 18.7 Å². The number of hydrogen-bond acceptors (Lipinski definition) is 2. The number of nitrogens with one attached hydrogen (secondary N) is 1. The molecule has 0 aromatic heterocycles. The van der Waals surface area contributed by atoms with E-state index in [0.717, 1.165) is 19.3 Å². The molecule has 88 valence electrons. The Morgan fingerprint density at radius 1 is 1.67 bits per heavy atom. The first-order chi connectivity index (χ1) is 7.12. The molecule has 15 heavy (non-hydrogen) atoms. The molecule has 0 saturated heterocycles. The first-order valence-electron chi connectivity index (χ1n) is 6.10. The molecule has 0 aromatic carbocycles. The van der Waals surface area contributed by atoms with Gasteiger partial charge in [0.05, 0.1) is 0 Å². The second-order valence-corrected chi connectivity index (χ2v) is 5.19. The Kier molecular flexibility index (Phi) is 4.81. The van der Waals surface area contributed by atoms with Gasteiger partial charge < -0.3 is 10.4 Å². The Balaban J connectivity index is 2.39. The normalized spacial score (nSPS) is 32.9. The third kappa shape index (κ3) is 3.32. The molecule has 0 amide bonds. The van der Waals surface area contributed by atoms with Crippen molar-refractivity contribution < 1.29 is 5.11 Å². The highest BCUT2D eigenvalue weighted by Gasteiger charge is 2.38. The van der Waals surface area contributed by atoms with Crippen LogP contribution < -0.4 is 5.32 Å². The summed E-state index contributed by atoms with van der Waals surface area (Å²) in [5.74, 6) is 0. The first-order valence-corrected chi connectivity index (χ1v) is 6.10. The maximum absolute atomic E-state index is 9.43. The van der Waals surface area contributed by atoms with E-state index in [1.165, 1.54) is 12.8 Å². The van der Waals surface area contributed by atoms with Crippen molar-refractivity contribution in [1.82, 2.24) is 5.32 Å². The van der Waals surface area contributed by atoms with E-state index in [1.54, 1.807) is 0 Å². The minimum atomic E-state index is 0.0996. The van der Waals surface area contributed by atoms with E-state index in [-0.39, 0.29) is 5.41 Å². The number of hydrogen-bond donors (Lipinski definition) is 2. The second-order valence-electron chi connectivity index (χ2n) is 5.19. The first kappa shape index (κ1) is 12.7. The number of aliphatic hydroxyl groups excluding tert-OH is 1. The van der Waals surface area contributed by atoms with Crippen molar-refractivity contribution in [2.24, 2.45) is 5.41 Å². The van der Waals surface area contributed by atoms with Crippen LogP contribution in [0.4, 0.5) is 0 Å². The van der Waals surface area contributed by atoms with Crippen LogP contribution in [0.15, 0.2) is 12.7 Å². The van der Waals surface area contributed by atoms with Crippen molar-refractivity contribution in [1.29, 1.82) is 0 Å². The lowest BCUT2D eigenvalue weighted by molar-refractivity contribution is 0.114. The molecule has 0 spiro atoms. The molecule has 0 radical (unpaired) electrons. The van der Waals surface area contributed by atoms with Crippen molar-refractivity contribution >= 4 is 0 Å². The van der Waals surface area contributed by atoms with Crippen LogP contribution in [0.25, 0.3) is 0 Å². The van der Waals surface area contributed by atoms with Crippen LogP contribution >= 0.6 is 0 Å². The van der Waals surface area contributed by atoms with Crippen molar-refractivity contribution in [2.75, 3.05) is 6.61 Å². The van der Waals surface area contributed by atoms with E-state index in [4.69, 9.17) is 0 Å². The molecule has 1 aliphatic carbocycles. The van der Waals surface area contributed by atoms with Crippen LogP contribution in [0.5, 0.6) is 0 Å². The van der Waals surface area contributed by atoms with Gasteiger partial charge in [0.1, 0.15) is 0 Å². The van der Waals surface area contributed by atoms with Crippen LogP contribution in [0.3, 0.4) is 0 Å². The molecule has 0 heterocycles. The maximum Gasteiger partial charge on any atom is 0.0499 e. The summed E-state index contributed by atoms with van der Waals surface area (Å²) in [5, 5.41) is 13.1. The summed E-state index contributed by atoms with van der Waals surface area (Å²) < 4.78 is 0. The number of aliphatic hydroxyl groups is 1. The minimum Gasteiger partial charge on any atom is -0.396 e. The fraction of sp³-hybridized carbons (Fsp3) is 0.846. The highest BCUT2D eigenvalue weighted by atomic mass is 16.3. The molecular formula is C13H25NO. The van der Waals surface area contributed by atoms with Gasteiger partial charge in [-0.25, -0.2) is 0 Å². The molecule has 1 rings (SSSR count). The maximum atomic E-state index is 9.43. The van der Waals surface area contributed by atoms with Crippen LogP contribution in [-0.4, -0.2) is 23.8 Å². The standard InChI is InChI=1S/C13H25NO/c1-4-5-7-11(2)14-12-8-6-9-13(12,3)10-15/h4,11-12,14-15H,1,5-10H2,2-3H3/t11-,12+,13+/m1/s1. The SMILES string of the molecule is C=CCC[C@@H](C)N[C@H]1CCC[C@@]1(C)CO. The molecular weight excluding hydrogens is 186 g/mol. The van der Waals surface area contributed by atoms with Gasteiger partial charge in [-0.1, -0.05) is 19.4 Å². The second kappa shape index (κ2) is 5.66. The van der Waals surface area contributed by atoms with E-state index >= 15 is 0 Å². The summed E-state index contributed by atoms with van der Waals surface area (Å²) >= 11 is 0. The predicted octanol–water partition coefficient (Wildman–Crippen LogP) is 2.48. The van der Waals surface area contributed by atoms with E-state index in [9.17, 15) is 5.11 Å². The zero-order chi connectivity index (χ0) is 11.3. The molecule has 3 atom stereocenters. The summed E-state index contributed by atoms with van der Waals surface area (Å²) in [6.45, 7) is 8.46. The molecule has 0 unspecified atom stereocenters. The molecule has 0 bridgehead atoms. The predicted molar refractivity (Wildman–Crippen MR) is 64.9 cm³/mol. The average Bonchev–Trinajstić information content (AvgIpc) is 2.58. The smallest absolute Gasteiger partial charge is 0.0499 e. The van der Waals surface area contributed by atoms with Gasteiger partial charge in [-0.3, -0.25) is 0 Å². The van der Waals surface area contributed by atoms with Gasteiger partial charge in [0, 0.05) is 24.1 Å². The molecule has 2 heteroatoms. The Bertz CT molecular complexity index is 205. The van der Waals surface area contributed by atoms with Gasteiger partial charge in [-0.15, -0.1) is 6.58 Å². The zero-order valence-corrected chi connectivity index (χ0v) is 10.1. The van der Waals surface area contributed by atoms with Gasteiger partial charge in [-0.05, 0) is 32.6 Å². The Labute approximate surface area is 93.8 Å². The van der Waals surface area contributed by atoms with Gasteiger partial charge in [0.15, 0.2) is 0 Å². The quantitative estimate of drug-likeness (QED) is 0.662. The summed E-state index contributed by atoms with van der Waals surface area (Å²) in [4.78, 5) is 0. The molecule has 0 aliphatic heterocycles. The van der Waals surface area contributed by atoms with Crippen LogP contribution in [0.2, 0.25) is 0 Å². The minimum absolute atomic E-state index is 0.0996. The Hall–Kier alpha value is -0.340. The lowest BCUT2D eigenvalue weighted by Gasteiger charge is -2.32. The van der Waals surface area contributed by atoms with E-state index in [2.05, 4.69) is 25.7 Å². The largest absolute Gasteiger partial charge is 0.396 e. The average molecular weight is 211 g/mol. The van der Waals surface area contributed by atoms with Crippen molar-refractivity contribution in [3.8, 4) is 0 Å². The fourth-order valence-corrected chi connectivity index (χ4v) is 2.50. The van der Waals surface area contributed by atoms with Crippen LogP contribution in [-0.2, 0) is 0 Å². The molecule has 1 aliphatic rings. The van der Waals surface area contributed by atoms with Crippen LogP contribution in [0.1, 0.15) is 46.0 Å². The summed E-state index contributed by atoms with van der Waals surface area (Å²) in [6, 6.07) is 1.01. The molecule has 0 aromatic rings. The Morgan fingerprint density at radius 3 is 3.00 bits per heavy atom. The molecule has 1 saturated carbocycles.